The maximum Gasteiger partial charge on any atom is 0.346 e. The minimum atomic E-state index is -0.782. The van der Waals surface area contributed by atoms with Crippen molar-refractivity contribution in [1.29, 1.82) is 0 Å². The van der Waals surface area contributed by atoms with Crippen LogP contribution >= 0.6 is 11.3 Å². The number of hydrogen-bond donors (Lipinski definition) is 1. The summed E-state index contributed by atoms with van der Waals surface area (Å²) in [7, 11) is 0. The summed E-state index contributed by atoms with van der Waals surface area (Å²) in [5, 5.41) is 10.9. The Labute approximate surface area is 101 Å². The van der Waals surface area contributed by atoms with Crippen LogP contribution in [0.5, 0.6) is 0 Å². The molecule has 0 saturated carbocycles. The minimum Gasteiger partial charge on any atom is -0.477 e. The molecule has 3 heteroatoms. The smallest absolute Gasteiger partial charge is 0.346 e. The summed E-state index contributed by atoms with van der Waals surface area (Å²) in [6, 6.07) is 1.96. The average Bonchev–Trinajstić information content (AvgIpc) is 2.72. The number of carboxylic acid groups (broad SMARTS) is 1. The number of rotatable bonds is 7. The Bertz CT molecular complexity index is 330. The number of thiophene rings is 1. The van der Waals surface area contributed by atoms with Crippen LogP contribution in [0.15, 0.2) is 11.4 Å². The highest BCUT2D eigenvalue weighted by Crippen LogP contribution is 2.24. The van der Waals surface area contributed by atoms with Crippen LogP contribution in [0.3, 0.4) is 0 Å². The molecule has 0 aromatic carbocycles. The molecule has 0 saturated heterocycles. The van der Waals surface area contributed by atoms with Gasteiger partial charge in [0.1, 0.15) is 4.88 Å². The SMILES string of the molecule is CCCCC(CC)Cc1ccsc1C(=O)O. The lowest BCUT2D eigenvalue weighted by atomic mass is 9.92. The first-order chi connectivity index (χ1) is 7.69. The summed E-state index contributed by atoms with van der Waals surface area (Å²) in [4.78, 5) is 11.5. The lowest BCUT2D eigenvalue weighted by molar-refractivity contribution is 0.0701. The van der Waals surface area contributed by atoms with Crippen LogP contribution in [0.2, 0.25) is 0 Å². The second kappa shape index (κ2) is 6.69. The van der Waals surface area contributed by atoms with Crippen molar-refractivity contribution in [2.75, 3.05) is 0 Å². The quantitative estimate of drug-likeness (QED) is 0.775. The summed E-state index contributed by atoms with van der Waals surface area (Å²) in [6.07, 6.45) is 5.72. The Kier molecular flexibility index (Phi) is 5.53. The van der Waals surface area contributed by atoms with Crippen molar-refractivity contribution in [3.8, 4) is 0 Å². The zero-order valence-corrected chi connectivity index (χ0v) is 10.8. The minimum absolute atomic E-state index is 0.523. The van der Waals surface area contributed by atoms with Gasteiger partial charge in [-0.3, -0.25) is 0 Å². The van der Waals surface area contributed by atoms with E-state index in [2.05, 4.69) is 13.8 Å². The lowest BCUT2D eigenvalue weighted by Gasteiger charge is -2.13. The van der Waals surface area contributed by atoms with Gasteiger partial charge in [-0.25, -0.2) is 4.79 Å². The number of aromatic carboxylic acids is 1. The molecule has 1 aromatic heterocycles. The van der Waals surface area contributed by atoms with E-state index in [4.69, 9.17) is 5.11 Å². The highest BCUT2D eigenvalue weighted by molar-refractivity contribution is 7.12. The van der Waals surface area contributed by atoms with Crippen molar-refractivity contribution in [1.82, 2.24) is 0 Å². The molecule has 1 N–H and O–H groups in total. The van der Waals surface area contributed by atoms with Crippen molar-refractivity contribution in [2.24, 2.45) is 5.92 Å². The monoisotopic (exact) mass is 240 g/mol. The standard InChI is InChI=1S/C13H20O2S/c1-3-5-6-10(4-2)9-11-7-8-16-12(11)13(14)15/h7-8,10H,3-6,9H2,1-2H3,(H,14,15). The number of hydrogen-bond acceptors (Lipinski definition) is 2. The molecule has 1 rings (SSSR count). The number of carbonyl (C=O) groups is 1. The largest absolute Gasteiger partial charge is 0.477 e. The Morgan fingerprint density at radius 1 is 1.50 bits per heavy atom. The van der Waals surface area contributed by atoms with Gasteiger partial charge in [-0.05, 0) is 29.3 Å². The van der Waals surface area contributed by atoms with E-state index >= 15 is 0 Å². The van der Waals surface area contributed by atoms with Crippen LogP contribution in [0.1, 0.15) is 54.8 Å². The van der Waals surface area contributed by atoms with E-state index in [0.717, 1.165) is 18.4 Å². The van der Waals surface area contributed by atoms with Gasteiger partial charge in [-0.1, -0.05) is 39.5 Å². The molecule has 1 aromatic rings. The summed E-state index contributed by atoms with van der Waals surface area (Å²) in [5.74, 6) is -0.150. The molecule has 0 radical (unpaired) electrons. The van der Waals surface area contributed by atoms with Gasteiger partial charge >= 0.3 is 5.97 Å². The molecule has 0 fully saturated rings. The second-order valence-corrected chi connectivity index (χ2v) is 5.12. The third-order valence-corrected chi connectivity index (χ3v) is 3.94. The van der Waals surface area contributed by atoms with Crippen molar-refractivity contribution >= 4 is 17.3 Å². The van der Waals surface area contributed by atoms with Gasteiger partial charge in [0.05, 0.1) is 0 Å². The van der Waals surface area contributed by atoms with Crippen LogP contribution in [0.25, 0.3) is 0 Å². The molecular formula is C13H20O2S. The third-order valence-electron chi connectivity index (χ3n) is 2.99. The van der Waals surface area contributed by atoms with Crippen molar-refractivity contribution in [2.45, 2.75) is 46.0 Å². The van der Waals surface area contributed by atoms with E-state index in [1.807, 2.05) is 11.4 Å². The highest BCUT2D eigenvalue weighted by Gasteiger charge is 2.15. The molecule has 2 nitrogen and oxygen atoms in total. The fourth-order valence-electron chi connectivity index (χ4n) is 1.94. The molecule has 0 aliphatic carbocycles. The molecule has 0 amide bonds. The molecule has 90 valence electrons. The van der Waals surface area contributed by atoms with Crippen LogP contribution in [0.4, 0.5) is 0 Å². The molecule has 1 atom stereocenters. The maximum atomic E-state index is 11.0. The van der Waals surface area contributed by atoms with E-state index in [-0.39, 0.29) is 0 Å². The normalized spacial score (nSPS) is 12.6. The Balaban J connectivity index is 2.62. The zero-order chi connectivity index (χ0) is 12.0. The lowest BCUT2D eigenvalue weighted by Crippen LogP contribution is -2.06. The Hall–Kier alpha value is -0.830. The highest BCUT2D eigenvalue weighted by atomic mass is 32.1. The van der Waals surface area contributed by atoms with Crippen molar-refractivity contribution < 1.29 is 9.90 Å². The van der Waals surface area contributed by atoms with E-state index < -0.39 is 5.97 Å². The first kappa shape index (κ1) is 13.2. The van der Waals surface area contributed by atoms with E-state index in [1.54, 1.807) is 0 Å². The van der Waals surface area contributed by atoms with Gasteiger partial charge < -0.3 is 5.11 Å². The van der Waals surface area contributed by atoms with Crippen LogP contribution in [0, 0.1) is 5.92 Å². The molecule has 1 unspecified atom stereocenters. The molecule has 0 spiro atoms. The van der Waals surface area contributed by atoms with Gasteiger partial charge in [-0.2, -0.15) is 0 Å². The van der Waals surface area contributed by atoms with Gasteiger partial charge in [0.15, 0.2) is 0 Å². The molecule has 0 bridgehead atoms. The summed E-state index contributed by atoms with van der Waals surface area (Å²) in [5.41, 5.74) is 1.01. The van der Waals surface area contributed by atoms with Gasteiger partial charge in [0.25, 0.3) is 0 Å². The molecule has 0 aliphatic heterocycles. The molecule has 0 aliphatic rings. The average molecular weight is 240 g/mol. The van der Waals surface area contributed by atoms with Crippen molar-refractivity contribution in [3.05, 3.63) is 21.9 Å². The van der Waals surface area contributed by atoms with Crippen LogP contribution in [-0.2, 0) is 6.42 Å². The number of unbranched alkanes of at least 4 members (excludes halogenated alkanes) is 1. The molecule has 16 heavy (non-hydrogen) atoms. The predicted octanol–water partition coefficient (Wildman–Crippen LogP) is 4.21. The number of carboxylic acids is 1. The fourth-order valence-corrected chi connectivity index (χ4v) is 2.71. The Morgan fingerprint density at radius 2 is 2.25 bits per heavy atom. The summed E-state index contributed by atoms with van der Waals surface area (Å²) >= 11 is 1.33. The summed E-state index contributed by atoms with van der Waals surface area (Å²) < 4.78 is 0. The first-order valence-electron chi connectivity index (χ1n) is 5.98. The Morgan fingerprint density at radius 3 is 2.81 bits per heavy atom. The molecular weight excluding hydrogens is 220 g/mol. The second-order valence-electron chi connectivity index (χ2n) is 4.20. The van der Waals surface area contributed by atoms with E-state index in [9.17, 15) is 4.79 Å². The van der Waals surface area contributed by atoms with Gasteiger partial charge in [-0.15, -0.1) is 11.3 Å². The van der Waals surface area contributed by atoms with Crippen LogP contribution < -0.4 is 0 Å². The summed E-state index contributed by atoms with van der Waals surface area (Å²) in [6.45, 7) is 4.38. The van der Waals surface area contributed by atoms with E-state index in [1.165, 1.54) is 30.6 Å². The maximum absolute atomic E-state index is 11.0. The predicted molar refractivity (Wildman–Crippen MR) is 68.3 cm³/mol. The van der Waals surface area contributed by atoms with E-state index in [0.29, 0.717) is 10.8 Å². The fraction of sp³-hybridized carbons (Fsp3) is 0.615. The van der Waals surface area contributed by atoms with Gasteiger partial charge in [0.2, 0.25) is 0 Å². The zero-order valence-electron chi connectivity index (χ0n) is 10.0. The first-order valence-corrected chi connectivity index (χ1v) is 6.86. The molecule has 1 heterocycles. The van der Waals surface area contributed by atoms with Gasteiger partial charge in [0, 0.05) is 0 Å². The third kappa shape index (κ3) is 3.63. The van der Waals surface area contributed by atoms with Crippen molar-refractivity contribution in [3.63, 3.8) is 0 Å². The topological polar surface area (TPSA) is 37.3 Å². The van der Waals surface area contributed by atoms with Crippen LogP contribution in [-0.4, -0.2) is 11.1 Å².